The molecule has 0 radical (unpaired) electrons. The van der Waals surface area contributed by atoms with E-state index in [0.717, 1.165) is 11.9 Å². The summed E-state index contributed by atoms with van der Waals surface area (Å²) in [5, 5.41) is 0.960. The van der Waals surface area contributed by atoms with Crippen LogP contribution in [0.3, 0.4) is 0 Å². The minimum atomic E-state index is -2.43. The Morgan fingerprint density at radius 3 is 2.29 bits per heavy atom. The van der Waals surface area contributed by atoms with Crippen LogP contribution < -0.4 is 0 Å². The molecule has 0 spiro atoms. The zero-order valence-corrected chi connectivity index (χ0v) is 9.82. The largest absolute Gasteiger partial charge is 0.297 e. The Hall–Kier alpha value is 0.300. The highest BCUT2D eigenvalue weighted by molar-refractivity contribution is 9.09. The standard InChI is InChI=1S/C10H16BrF2N/c11-6-9(2-1-3-9)7-14-5-4-10(12,13)8-14/h1-8H2. The monoisotopic (exact) mass is 267 g/mol. The van der Waals surface area contributed by atoms with Crippen LogP contribution in [0.15, 0.2) is 0 Å². The van der Waals surface area contributed by atoms with Gasteiger partial charge in [0.2, 0.25) is 0 Å². The molecule has 2 fully saturated rings. The van der Waals surface area contributed by atoms with Crippen molar-refractivity contribution in [3.63, 3.8) is 0 Å². The smallest absolute Gasteiger partial charge is 0.261 e. The molecule has 0 N–H and O–H groups in total. The number of hydrogen-bond acceptors (Lipinski definition) is 1. The Morgan fingerprint density at radius 1 is 1.21 bits per heavy atom. The summed E-state index contributed by atoms with van der Waals surface area (Å²) >= 11 is 3.51. The maximum absolute atomic E-state index is 12.9. The third kappa shape index (κ3) is 2.11. The third-order valence-electron chi connectivity index (χ3n) is 3.51. The summed E-state index contributed by atoms with van der Waals surface area (Å²) in [5.74, 6) is -2.43. The first-order chi connectivity index (χ1) is 6.55. The van der Waals surface area contributed by atoms with E-state index in [2.05, 4.69) is 15.9 Å². The molecule has 1 saturated carbocycles. The second-order valence-electron chi connectivity index (χ2n) is 4.80. The van der Waals surface area contributed by atoms with Crippen molar-refractivity contribution in [2.45, 2.75) is 31.6 Å². The van der Waals surface area contributed by atoms with E-state index < -0.39 is 5.92 Å². The normalized spacial score (nSPS) is 30.2. The zero-order valence-electron chi connectivity index (χ0n) is 8.24. The van der Waals surface area contributed by atoms with Crippen LogP contribution in [0.5, 0.6) is 0 Å². The van der Waals surface area contributed by atoms with Crippen LogP contribution in [0.25, 0.3) is 0 Å². The van der Waals surface area contributed by atoms with E-state index in [4.69, 9.17) is 0 Å². The predicted molar refractivity (Wildman–Crippen MR) is 56.1 cm³/mol. The zero-order chi connectivity index (χ0) is 10.2. The average molecular weight is 268 g/mol. The molecule has 1 heterocycles. The Bertz CT molecular complexity index is 211. The van der Waals surface area contributed by atoms with Crippen molar-refractivity contribution in [3.05, 3.63) is 0 Å². The summed E-state index contributed by atoms with van der Waals surface area (Å²) < 4.78 is 25.9. The summed E-state index contributed by atoms with van der Waals surface area (Å²) in [6.45, 7) is 1.40. The molecule has 1 aliphatic heterocycles. The summed E-state index contributed by atoms with van der Waals surface area (Å²) in [7, 11) is 0. The molecule has 1 nitrogen and oxygen atoms in total. The van der Waals surface area contributed by atoms with Gasteiger partial charge in [0.1, 0.15) is 0 Å². The van der Waals surface area contributed by atoms with Crippen LogP contribution in [0.4, 0.5) is 8.78 Å². The van der Waals surface area contributed by atoms with Gasteiger partial charge in [-0.3, -0.25) is 4.90 Å². The average Bonchev–Trinajstić information content (AvgIpc) is 2.38. The molecular weight excluding hydrogens is 252 g/mol. The number of alkyl halides is 3. The van der Waals surface area contributed by atoms with Gasteiger partial charge in [-0.25, -0.2) is 8.78 Å². The van der Waals surface area contributed by atoms with Gasteiger partial charge in [0.15, 0.2) is 0 Å². The van der Waals surface area contributed by atoms with Crippen molar-refractivity contribution >= 4 is 15.9 Å². The molecule has 2 aliphatic rings. The summed E-state index contributed by atoms with van der Waals surface area (Å²) in [6.07, 6.45) is 3.70. The van der Waals surface area contributed by atoms with E-state index in [1.54, 1.807) is 0 Å². The maximum Gasteiger partial charge on any atom is 0.261 e. The van der Waals surface area contributed by atoms with Crippen LogP contribution in [0, 0.1) is 5.41 Å². The first-order valence-corrected chi connectivity index (χ1v) is 6.34. The van der Waals surface area contributed by atoms with Gasteiger partial charge in [-0.15, -0.1) is 0 Å². The van der Waals surface area contributed by atoms with Crippen LogP contribution in [-0.2, 0) is 0 Å². The topological polar surface area (TPSA) is 3.24 Å². The predicted octanol–water partition coefficient (Wildman–Crippen LogP) is 2.89. The molecule has 82 valence electrons. The lowest BCUT2D eigenvalue weighted by atomic mass is 9.70. The fourth-order valence-corrected chi connectivity index (χ4v) is 3.17. The number of likely N-dealkylation sites (tertiary alicyclic amines) is 1. The highest BCUT2D eigenvalue weighted by atomic mass is 79.9. The lowest BCUT2D eigenvalue weighted by molar-refractivity contribution is 0.00410. The van der Waals surface area contributed by atoms with E-state index in [1.165, 1.54) is 19.3 Å². The van der Waals surface area contributed by atoms with Gasteiger partial charge in [-0.05, 0) is 18.3 Å². The fraction of sp³-hybridized carbons (Fsp3) is 1.00. The fourth-order valence-electron chi connectivity index (χ4n) is 2.43. The van der Waals surface area contributed by atoms with Gasteiger partial charge in [0, 0.05) is 24.8 Å². The molecule has 14 heavy (non-hydrogen) atoms. The molecule has 0 aromatic heterocycles. The second kappa shape index (κ2) is 3.71. The second-order valence-corrected chi connectivity index (χ2v) is 5.36. The molecule has 4 heteroatoms. The number of rotatable bonds is 3. The van der Waals surface area contributed by atoms with Gasteiger partial charge in [0.25, 0.3) is 5.92 Å². The highest BCUT2D eigenvalue weighted by Gasteiger charge is 2.43. The van der Waals surface area contributed by atoms with Crippen LogP contribution in [-0.4, -0.2) is 35.8 Å². The molecule has 0 bridgehead atoms. The number of nitrogens with zero attached hydrogens (tertiary/aromatic N) is 1. The van der Waals surface area contributed by atoms with E-state index in [-0.39, 0.29) is 13.0 Å². The molecule has 1 aliphatic carbocycles. The Balaban J connectivity index is 1.86. The number of halogens is 3. The van der Waals surface area contributed by atoms with E-state index in [0.29, 0.717) is 12.0 Å². The lowest BCUT2D eigenvalue weighted by Crippen LogP contribution is -2.43. The SMILES string of the molecule is FC1(F)CCN(CC2(CBr)CCC2)C1. The quantitative estimate of drug-likeness (QED) is 0.711. The van der Waals surface area contributed by atoms with Crippen molar-refractivity contribution in [2.24, 2.45) is 5.41 Å². The van der Waals surface area contributed by atoms with Gasteiger partial charge < -0.3 is 0 Å². The third-order valence-corrected chi connectivity index (χ3v) is 4.69. The van der Waals surface area contributed by atoms with Gasteiger partial charge in [0.05, 0.1) is 6.54 Å². The summed E-state index contributed by atoms with van der Waals surface area (Å²) in [5.41, 5.74) is 0.306. The first kappa shape index (κ1) is 10.8. The number of hydrogen-bond donors (Lipinski definition) is 0. The van der Waals surface area contributed by atoms with Gasteiger partial charge >= 0.3 is 0 Å². The van der Waals surface area contributed by atoms with E-state index >= 15 is 0 Å². The van der Waals surface area contributed by atoms with E-state index in [9.17, 15) is 8.78 Å². The molecular formula is C10H16BrF2N. The molecule has 0 atom stereocenters. The minimum Gasteiger partial charge on any atom is -0.297 e. The van der Waals surface area contributed by atoms with Crippen LogP contribution in [0.2, 0.25) is 0 Å². The van der Waals surface area contributed by atoms with E-state index in [1.807, 2.05) is 4.90 Å². The summed E-state index contributed by atoms with van der Waals surface area (Å²) in [4.78, 5) is 1.93. The molecule has 2 rings (SSSR count). The van der Waals surface area contributed by atoms with Crippen molar-refractivity contribution < 1.29 is 8.78 Å². The van der Waals surface area contributed by atoms with Crippen molar-refractivity contribution in [1.82, 2.24) is 4.90 Å². The van der Waals surface area contributed by atoms with Crippen LogP contribution >= 0.6 is 15.9 Å². The maximum atomic E-state index is 12.9. The molecule has 0 amide bonds. The van der Waals surface area contributed by atoms with Crippen molar-refractivity contribution in [1.29, 1.82) is 0 Å². The van der Waals surface area contributed by atoms with Crippen molar-refractivity contribution in [2.75, 3.05) is 25.0 Å². The molecule has 0 unspecified atom stereocenters. The summed E-state index contributed by atoms with van der Waals surface area (Å²) in [6, 6.07) is 0. The molecule has 1 saturated heterocycles. The highest BCUT2D eigenvalue weighted by Crippen LogP contribution is 2.44. The Morgan fingerprint density at radius 2 is 1.93 bits per heavy atom. The first-order valence-electron chi connectivity index (χ1n) is 5.22. The van der Waals surface area contributed by atoms with Crippen LogP contribution in [0.1, 0.15) is 25.7 Å². The Kier molecular flexibility index (Phi) is 2.86. The lowest BCUT2D eigenvalue weighted by Gasteiger charge is -2.43. The Labute approximate surface area is 92.0 Å². The van der Waals surface area contributed by atoms with Gasteiger partial charge in [-0.1, -0.05) is 22.4 Å². The van der Waals surface area contributed by atoms with Crippen molar-refractivity contribution in [3.8, 4) is 0 Å². The molecule has 0 aromatic rings. The minimum absolute atomic E-state index is 0.0260. The molecule has 0 aromatic carbocycles. The van der Waals surface area contributed by atoms with Gasteiger partial charge in [-0.2, -0.15) is 0 Å².